The van der Waals surface area contributed by atoms with Crippen LogP contribution in [0.1, 0.15) is 258 Å². The molecule has 0 bridgehead atoms. The molecule has 0 rings (SSSR count). The standard InChI is InChI=1S/C64H106O6/c1-4-7-10-13-16-19-22-25-28-31-32-34-36-39-42-45-48-51-54-57-63(66)69-60-61(59-68-62(65)56-53-50-47-44-41-38-35-30-27-24-21-18-15-12-9-6-3)70-64(67)58-55-52-49-46-43-40-37-33-29-26-23-20-17-14-11-8-5-2/h8,11,16-17,19-20,25-26,28-30,32,34-35,37,40,46,49,61H,4-7,9-10,12-15,18,21-24,27,31,33,36,38-39,41-45,47-48,50-60H2,1-3H3/b11-8-,19-16-,20-17-,28-25-,29-26-,34-32-,35-30-,40-37-,49-46-/t61-/m1/s1. The zero-order valence-electron chi connectivity index (χ0n) is 45.5. The lowest BCUT2D eigenvalue weighted by Crippen LogP contribution is -2.30. The Balaban J connectivity index is 4.52. The zero-order valence-corrected chi connectivity index (χ0v) is 45.5. The lowest BCUT2D eigenvalue weighted by Gasteiger charge is -2.18. The van der Waals surface area contributed by atoms with Crippen molar-refractivity contribution in [3.63, 3.8) is 0 Å². The molecule has 0 saturated carbocycles. The second-order valence-electron chi connectivity index (χ2n) is 18.8. The fourth-order valence-electron chi connectivity index (χ4n) is 7.66. The number of hydrogen-bond acceptors (Lipinski definition) is 6. The molecule has 0 aromatic carbocycles. The van der Waals surface area contributed by atoms with Gasteiger partial charge >= 0.3 is 17.9 Å². The summed E-state index contributed by atoms with van der Waals surface area (Å²) in [6.07, 6.45) is 77.9. The fourth-order valence-corrected chi connectivity index (χ4v) is 7.66. The predicted octanol–water partition coefficient (Wildman–Crippen LogP) is 19.5. The highest BCUT2D eigenvalue weighted by Gasteiger charge is 2.19. The predicted molar refractivity (Wildman–Crippen MR) is 302 cm³/mol. The topological polar surface area (TPSA) is 78.9 Å². The van der Waals surface area contributed by atoms with Crippen LogP contribution < -0.4 is 0 Å². The molecular formula is C64H106O6. The van der Waals surface area contributed by atoms with Gasteiger partial charge in [0.25, 0.3) is 0 Å². The van der Waals surface area contributed by atoms with Crippen molar-refractivity contribution in [3.8, 4) is 0 Å². The summed E-state index contributed by atoms with van der Waals surface area (Å²) in [7, 11) is 0. The first-order chi connectivity index (χ1) is 34.5. The molecule has 0 heterocycles. The van der Waals surface area contributed by atoms with Crippen LogP contribution >= 0.6 is 0 Å². The smallest absolute Gasteiger partial charge is 0.306 e. The van der Waals surface area contributed by atoms with Crippen LogP contribution in [0, 0.1) is 0 Å². The molecule has 0 aromatic rings. The number of unbranched alkanes of at least 4 members (excludes halogenated alkanes) is 22. The molecule has 6 nitrogen and oxygen atoms in total. The molecule has 0 aliphatic carbocycles. The summed E-state index contributed by atoms with van der Waals surface area (Å²) in [6, 6.07) is 0. The van der Waals surface area contributed by atoms with Crippen molar-refractivity contribution < 1.29 is 28.6 Å². The Hall–Kier alpha value is -3.93. The van der Waals surface area contributed by atoms with Gasteiger partial charge in [-0.1, -0.05) is 226 Å². The van der Waals surface area contributed by atoms with Crippen molar-refractivity contribution in [3.05, 3.63) is 109 Å². The van der Waals surface area contributed by atoms with Crippen LogP contribution in [0.2, 0.25) is 0 Å². The quantitative estimate of drug-likeness (QED) is 0.0262. The zero-order chi connectivity index (χ0) is 50.7. The molecule has 70 heavy (non-hydrogen) atoms. The molecular weight excluding hydrogens is 865 g/mol. The number of carbonyl (C=O) groups is 3. The summed E-state index contributed by atoms with van der Waals surface area (Å²) in [5.41, 5.74) is 0. The van der Waals surface area contributed by atoms with Gasteiger partial charge in [0.1, 0.15) is 13.2 Å². The molecule has 0 spiro atoms. The van der Waals surface area contributed by atoms with Crippen LogP contribution in [-0.4, -0.2) is 37.2 Å². The van der Waals surface area contributed by atoms with Gasteiger partial charge in [-0.15, -0.1) is 0 Å². The number of allylic oxidation sites excluding steroid dienone is 18. The second kappa shape index (κ2) is 57.6. The fraction of sp³-hybridized carbons (Fsp3) is 0.672. The number of esters is 3. The molecule has 0 aliphatic rings. The average molecular weight is 972 g/mol. The van der Waals surface area contributed by atoms with Gasteiger partial charge in [-0.05, 0) is 122 Å². The van der Waals surface area contributed by atoms with Gasteiger partial charge in [0, 0.05) is 19.3 Å². The Morgan fingerprint density at radius 1 is 0.300 bits per heavy atom. The summed E-state index contributed by atoms with van der Waals surface area (Å²) < 4.78 is 16.8. The van der Waals surface area contributed by atoms with E-state index >= 15 is 0 Å². The first-order valence-electron chi connectivity index (χ1n) is 28.9. The Morgan fingerprint density at radius 3 is 0.957 bits per heavy atom. The van der Waals surface area contributed by atoms with E-state index in [2.05, 4.69) is 130 Å². The van der Waals surface area contributed by atoms with E-state index in [0.29, 0.717) is 19.3 Å². The molecule has 0 radical (unpaired) electrons. The largest absolute Gasteiger partial charge is 0.462 e. The molecule has 398 valence electrons. The number of carbonyl (C=O) groups excluding carboxylic acids is 3. The lowest BCUT2D eigenvalue weighted by atomic mass is 10.1. The minimum atomic E-state index is -0.819. The highest BCUT2D eigenvalue weighted by Crippen LogP contribution is 2.14. The summed E-state index contributed by atoms with van der Waals surface area (Å²) >= 11 is 0. The first kappa shape index (κ1) is 66.1. The van der Waals surface area contributed by atoms with Crippen LogP contribution in [0.3, 0.4) is 0 Å². The van der Waals surface area contributed by atoms with E-state index in [9.17, 15) is 14.4 Å². The minimum absolute atomic E-state index is 0.111. The van der Waals surface area contributed by atoms with E-state index in [0.717, 1.165) is 116 Å². The summed E-state index contributed by atoms with van der Waals surface area (Å²) in [5, 5.41) is 0. The van der Waals surface area contributed by atoms with Gasteiger partial charge in [0.05, 0.1) is 0 Å². The van der Waals surface area contributed by atoms with E-state index in [-0.39, 0.29) is 37.5 Å². The molecule has 1 atom stereocenters. The Morgan fingerprint density at radius 2 is 0.571 bits per heavy atom. The summed E-state index contributed by atoms with van der Waals surface area (Å²) in [4.78, 5) is 38.2. The summed E-state index contributed by atoms with van der Waals surface area (Å²) in [5.74, 6) is -0.989. The molecule has 0 fully saturated rings. The van der Waals surface area contributed by atoms with E-state index in [1.165, 1.54) is 96.3 Å². The monoisotopic (exact) mass is 971 g/mol. The Labute approximate surface area is 431 Å². The molecule has 0 aliphatic heterocycles. The highest BCUT2D eigenvalue weighted by molar-refractivity contribution is 5.71. The van der Waals surface area contributed by atoms with Crippen molar-refractivity contribution in [2.75, 3.05) is 13.2 Å². The normalized spacial score (nSPS) is 12.9. The maximum absolute atomic E-state index is 12.8. The Bertz CT molecular complexity index is 1440. The lowest BCUT2D eigenvalue weighted by molar-refractivity contribution is -0.167. The van der Waals surface area contributed by atoms with Crippen LogP contribution in [0.5, 0.6) is 0 Å². The Kier molecular flexibility index (Phi) is 54.4. The SMILES string of the molecule is CC/C=C\C/C=C\C/C=C\C/C=C\C/C=C\CCCC(=O)O[C@H](COC(=O)CCCCCCC/C=C\CCCCCCCCC)COC(=O)CCCCCCCC/C=C\C/C=C\C/C=C\CCCCC. The maximum atomic E-state index is 12.8. The third kappa shape index (κ3) is 55.0. The third-order valence-corrected chi connectivity index (χ3v) is 12.0. The van der Waals surface area contributed by atoms with Gasteiger partial charge < -0.3 is 14.2 Å². The highest BCUT2D eigenvalue weighted by atomic mass is 16.6. The molecule has 0 unspecified atom stereocenters. The number of hydrogen-bond donors (Lipinski definition) is 0. The van der Waals surface area contributed by atoms with E-state index < -0.39 is 6.10 Å². The van der Waals surface area contributed by atoms with Crippen molar-refractivity contribution in [2.24, 2.45) is 0 Å². The van der Waals surface area contributed by atoms with Crippen molar-refractivity contribution in [1.82, 2.24) is 0 Å². The van der Waals surface area contributed by atoms with Gasteiger partial charge in [-0.3, -0.25) is 14.4 Å². The van der Waals surface area contributed by atoms with Crippen LogP contribution in [-0.2, 0) is 28.6 Å². The molecule has 6 heteroatoms. The molecule has 0 amide bonds. The number of rotatable bonds is 51. The van der Waals surface area contributed by atoms with E-state index in [1.807, 2.05) is 0 Å². The molecule has 0 N–H and O–H groups in total. The van der Waals surface area contributed by atoms with Crippen molar-refractivity contribution in [2.45, 2.75) is 264 Å². The third-order valence-electron chi connectivity index (χ3n) is 12.0. The van der Waals surface area contributed by atoms with Gasteiger partial charge in [-0.2, -0.15) is 0 Å². The number of ether oxygens (including phenoxy) is 3. The van der Waals surface area contributed by atoms with Gasteiger partial charge in [0.2, 0.25) is 0 Å². The molecule has 0 saturated heterocycles. The van der Waals surface area contributed by atoms with Crippen LogP contribution in [0.4, 0.5) is 0 Å². The molecule has 0 aromatic heterocycles. The van der Waals surface area contributed by atoms with Gasteiger partial charge in [-0.25, -0.2) is 0 Å². The van der Waals surface area contributed by atoms with Crippen LogP contribution in [0.25, 0.3) is 0 Å². The maximum Gasteiger partial charge on any atom is 0.306 e. The van der Waals surface area contributed by atoms with Crippen molar-refractivity contribution in [1.29, 1.82) is 0 Å². The minimum Gasteiger partial charge on any atom is -0.462 e. The summed E-state index contributed by atoms with van der Waals surface area (Å²) in [6.45, 7) is 6.43. The van der Waals surface area contributed by atoms with E-state index in [1.54, 1.807) is 0 Å². The van der Waals surface area contributed by atoms with Gasteiger partial charge in [0.15, 0.2) is 6.10 Å². The van der Waals surface area contributed by atoms with Crippen LogP contribution in [0.15, 0.2) is 109 Å². The average Bonchev–Trinajstić information content (AvgIpc) is 3.36. The van der Waals surface area contributed by atoms with E-state index in [4.69, 9.17) is 14.2 Å². The first-order valence-corrected chi connectivity index (χ1v) is 28.9. The second-order valence-corrected chi connectivity index (χ2v) is 18.8. The van der Waals surface area contributed by atoms with Crippen molar-refractivity contribution >= 4 is 17.9 Å².